The number of nitrogens with zero attached hydrogens (tertiary/aromatic N) is 3. The highest BCUT2D eigenvalue weighted by atomic mass is 14.3. The summed E-state index contributed by atoms with van der Waals surface area (Å²) in [6.07, 6.45) is 4.02. The molecule has 0 bridgehead atoms. The smallest absolute Gasteiger partial charge is 0.0958 e. The van der Waals surface area contributed by atoms with Gasteiger partial charge in [0.1, 0.15) is 0 Å². The van der Waals surface area contributed by atoms with Gasteiger partial charge in [0.15, 0.2) is 0 Å². The van der Waals surface area contributed by atoms with E-state index in [0.717, 1.165) is 23.1 Å². The molecule has 0 fully saturated rings. The van der Waals surface area contributed by atoms with Crippen LogP contribution in [0.4, 0.5) is 0 Å². The predicted octanol–water partition coefficient (Wildman–Crippen LogP) is 3.22. The number of allylic oxidation sites excluding steroid dienone is 4. The molecule has 0 spiro atoms. The Kier molecular flexibility index (Phi) is 5.61. The topological polar surface area (TPSA) is 71.4 Å². The monoisotopic (exact) mass is 247 g/mol. The van der Waals surface area contributed by atoms with Crippen LogP contribution in [-0.4, -0.2) is 0 Å². The summed E-state index contributed by atoms with van der Waals surface area (Å²) in [5.41, 5.74) is 3.58. The second-order valence-corrected chi connectivity index (χ2v) is 4.20. The van der Waals surface area contributed by atoms with Crippen LogP contribution in [-0.2, 0) is 12.8 Å². The zero-order valence-corrected chi connectivity index (χ0v) is 10.7. The van der Waals surface area contributed by atoms with Crippen LogP contribution in [0.3, 0.4) is 0 Å². The second kappa shape index (κ2) is 7.49. The largest absolute Gasteiger partial charge is 0.193 e. The van der Waals surface area contributed by atoms with Gasteiger partial charge in [0.2, 0.25) is 0 Å². The van der Waals surface area contributed by atoms with Crippen molar-refractivity contribution in [1.29, 1.82) is 15.8 Å². The molecule has 0 aliphatic rings. The van der Waals surface area contributed by atoms with Crippen molar-refractivity contribution < 1.29 is 0 Å². The normalized spacial score (nSPS) is 11.3. The van der Waals surface area contributed by atoms with Crippen molar-refractivity contribution in [3.05, 3.63) is 58.7 Å². The molecule has 0 aliphatic heterocycles. The number of rotatable bonds is 4. The van der Waals surface area contributed by atoms with E-state index < -0.39 is 0 Å². The predicted molar refractivity (Wildman–Crippen MR) is 72.5 cm³/mol. The van der Waals surface area contributed by atoms with E-state index in [-0.39, 0.29) is 0 Å². The Morgan fingerprint density at radius 3 is 1.95 bits per heavy atom. The molecule has 19 heavy (non-hydrogen) atoms. The third kappa shape index (κ3) is 4.90. The van der Waals surface area contributed by atoms with E-state index in [9.17, 15) is 0 Å². The highest BCUT2D eigenvalue weighted by molar-refractivity contribution is 5.35. The quantitative estimate of drug-likeness (QED) is 0.767. The summed E-state index contributed by atoms with van der Waals surface area (Å²) in [5, 5.41) is 25.9. The summed E-state index contributed by atoms with van der Waals surface area (Å²) >= 11 is 0. The first-order valence-corrected chi connectivity index (χ1v) is 5.81. The lowest BCUT2D eigenvalue weighted by Crippen LogP contribution is -1.91. The van der Waals surface area contributed by atoms with Gasteiger partial charge in [0.25, 0.3) is 0 Å². The van der Waals surface area contributed by atoms with Crippen molar-refractivity contribution in [2.24, 2.45) is 0 Å². The van der Waals surface area contributed by atoms with Gasteiger partial charge in [-0.05, 0) is 24.5 Å². The minimum absolute atomic E-state index is 0.454. The molecule has 3 nitrogen and oxygen atoms in total. The van der Waals surface area contributed by atoms with Crippen molar-refractivity contribution in [3.63, 3.8) is 0 Å². The van der Waals surface area contributed by atoms with Crippen LogP contribution in [0.5, 0.6) is 0 Å². The zero-order valence-electron chi connectivity index (χ0n) is 10.7. The van der Waals surface area contributed by atoms with Gasteiger partial charge in [0, 0.05) is 24.1 Å². The molecular weight excluding hydrogens is 234 g/mol. The van der Waals surface area contributed by atoms with Crippen molar-refractivity contribution in [2.75, 3.05) is 0 Å². The van der Waals surface area contributed by atoms with Crippen LogP contribution in [0.2, 0.25) is 0 Å². The van der Waals surface area contributed by atoms with Crippen LogP contribution >= 0.6 is 0 Å². The van der Waals surface area contributed by atoms with Gasteiger partial charge in [-0.25, -0.2) is 0 Å². The molecule has 0 N–H and O–H groups in total. The van der Waals surface area contributed by atoms with Gasteiger partial charge in [-0.15, -0.1) is 0 Å². The molecule has 3 heteroatoms. The molecular formula is C16H13N3. The Morgan fingerprint density at radius 1 is 0.947 bits per heavy atom. The lowest BCUT2D eigenvalue weighted by Gasteiger charge is -2.03. The van der Waals surface area contributed by atoms with E-state index in [1.54, 1.807) is 0 Å². The molecule has 0 saturated heterocycles. The molecule has 0 amide bonds. The maximum atomic E-state index is 8.84. The minimum Gasteiger partial charge on any atom is -0.193 e. The summed E-state index contributed by atoms with van der Waals surface area (Å²) in [5.74, 6) is 0. The fraction of sp³-hybridized carbons (Fsp3) is 0.188. The van der Waals surface area contributed by atoms with Gasteiger partial charge in [-0.1, -0.05) is 29.8 Å². The van der Waals surface area contributed by atoms with E-state index in [1.807, 2.05) is 49.4 Å². The molecule has 0 aromatic heterocycles. The molecule has 1 aromatic rings. The Balaban J connectivity index is 2.76. The number of nitriles is 3. The van der Waals surface area contributed by atoms with E-state index in [2.05, 4.69) is 0 Å². The van der Waals surface area contributed by atoms with E-state index in [4.69, 9.17) is 15.8 Å². The van der Waals surface area contributed by atoms with Crippen molar-refractivity contribution >= 4 is 0 Å². The van der Waals surface area contributed by atoms with E-state index >= 15 is 0 Å². The molecule has 0 aliphatic carbocycles. The maximum absolute atomic E-state index is 8.84. The molecule has 1 aromatic carbocycles. The summed E-state index contributed by atoms with van der Waals surface area (Å²) in [4.78, 5) is 0. The van der Waals surface area contributed by atoms with Crippen LogP contribution < -0.4 is 0 Å². The lowest BCUT2D eigenvalue weighted by atomic mass is 10.0. The third-order valence-electron chi connectivity index (χ3n) is 2.59. The van der Waals surface area contributed by atoms with Crippen LogP contribution in [0, 0.1) is 34.0 Å². The van der Waals surface area contributed by atoms with Gasteiger partial charge < -0.3 is 0 Å². The number of benzene rings is 1. The minimum atomic E-state index is 0.454. The molecule has 1 rings (SSSR count). The Hall–Kier alpha value is -2.83. The first-order chi connectivity index (χ1) is 9.19. The maximum Gasteiger partial charge on any atom is 0.0958 e. The van der Waals surface area contributed by atoms with Gasteiger partial charge in [0.05, 0.1) is 18.2 Å². The van der Waals surface area contributed by atoms with Crippen LogP contribution in [0.1, 0.15) is 18.1 Å². The van der Waals surface area contributed by atoms with Gasteiger partial charge in [-0.2, -0.15) is 15.8 Å². The highest BCUT2D eigenvalue weighted by Crippen LogP contribution is 2.12. The van der Waals surface area contributed by atoms with E-state index in [1.165, 1.54) is 12.2 Å². The van der Waals surface area contributed by atoms with Crippen molar-refractivity contribution in [1.82, 2.24) is 0 Å². The SMILES string of the molecule is C/C(=C\C#N)Cc1ccc(C/C(C#N)=C/C#N)cc1. The summed E-state index contributed by atoms with van der Waals surface area (Å²) < 4.78 is 0. The average molecular weight is 247 g/mol. The zero-order chi connectivity index (χ0) is 14.1. The highest BCUT2D eigenvalue weighted by Gasteiger charge is 2.00. The molecule has 0 radical (unpaired) electrons. The molecule has 92 valence electrons. The number of hydrogen-bond acceptors (Lipinski definition) is 3. The summed E-state index contributed by atoms with van der Waals surface area (Å²) in [6, 6.07) is 13.7. The molecule has 0 heterocycles. The average Bonchev–Trinajstić information content (AvgIpc) is 2.40. The fourth-order valence-electron chi connectivity index (χ4n) is 1.68. The Morgan fingerprint density at radius 2 is 1.47 bits per heavy atom. The summed E-state index contributed by atoms with van der Waals surface area (Å²) in [6.45, 7) is 1.92. The van der Waals surface area contributed by atoms with Crippen LogP contribution in [0.15, 0.2) is 47.6 Å². The second-order valence-electron chi connectivity index (χ2n) is 4.20. The molecule has 0 saturated carbocycles. The standard InChI is InChI=1S/C16H13N3/c1-13(6-8-17)10-14-2-4-15(5-3-14)11-16(12-19)7-9-18/h2-7H,10-11H2,1H3/b13-6+,16-7-. The first-order valence-electron chi connectivity index (χ1n) is 5.81. The molecule has 0 unspecified atom stereocenters. The van der Waals surface area contributed by atoms with Crippen molar-refractivity contribution in [2.45, 2.75) is 19.8 Å². The Labute approximate surface area is 113 Å². The fourth-order valence-corrected chi connectivity index (χ4v) is 1.68. The Bertz CT molecular complexity index is 614. The van der Waals surface area contributed by atoms with Crippen molar-refractivity contribution in [3.8, 4) is 18.2 Å². The third-order valence-corrected chi connectivity index (χ3v) is 2.59. The van der Waals surface area contributed by atoms with Crippen LogP contribution in [0.25, 0.3) is 0 Å². The van der Waals surface area contributed by atoms with Gasteiger partial charge >= 0.3 is 0 Å². The van der Waals surface area contributed by atoms with Gasteiger partial charge in [-0.3, -0.25) is 0 Å². The summed E-state index contributed by atoms with van der Waals surface area (Å²) in [7, 11) is 0. The lowest BCUT2D eigenvalue weighted by molar-refractivity contribution is 1.12. The number of hydrogen-bond donors (Lipinski definition) is 0. The first kappa shape index (κ1) is 14.2. The molecule has 0 atom stereocenters. The van der Waals surface area contributed by atoms with E-state index in [0.29, 0.717) is 12.0 Å².